The third-order valence-corrected chi connectivity index (χ3v) is 3.30. The smallest absolute Gasteiger partial charge is 0.319 e. The molecule has 0 aliphatic heterocycles. The van der Waals surface area contributed by atoms with Crippen molar-refractivity contribution in [3.63, 3.8) is 0 Å². The molecule has 1 rings (SSSR count). The Balaban J connectivity index is 2.36. The summed E-state index contributed by atoms with van der Waals surface area (Å²) in [4.78, 5) is 22.1. The van der Waals surface area contributed by atoms with E-state index in [-0.39, 0.29) is 18.4 Å². The number of urea groups is 1. The second-order valence-corrected chi connectivity index (χ2v) is 5.24. The van der Waals surface area contributed by atoms with Gasteiger partial charge in [0.1, 0.15) is 0 Å². The first-order valence-corrected chi connectivity index (χ1v) is 6.79. The normalized spacial score (nSPS) is 11.8. The van der Waals surface area contributed by atoms with E-state index in [0.29, 0.717) is 23.7 Å². The SMILES string of the molecule is Cc1ccc(NC(=O)NCC(C)CCC(=O)O)cc1Cl. The van der Waals surface area contributed by atoms with Crippen LogP contribution in [0.5, 0.6) is 0 Å². The summed E-state index contributed by atoms with van der Waals surface area (Å²) in [5.74, 6) is -0.714. The Labute approximate surface area is 123 Å². The van der Waals surface area contributed by atoms with Crippen molar-refractivity contribution < 1.29 is 14.7 Å². The van der Waals surface area contributed by atoms with Crippen molar-refractivity contribution in [2.24, 2.45) is 5.92 Å². The number of anilines is 1. The van der Waals surface area contributed by atoms with E-state index in [1.807, 2.05) is 19.9 Å². The van der Waals surface area contributed by atoms with Gasteiger partial charge >= 0.3 is 12.0 Å². The number of carbonyl (C=O) groups is 2. The summed E-state index contributed by atoms with van der Waals surface area (Å²) in [7, 11) is 0. The van der Waals surface area contributed by atoms with Crippen LogP contribution in [0.4, 0.5) is 10.5 Å². The molecule has 0 saturated carbocycles. The average molecular weight is 299 g/mol. The Morgan fingerprint density at radius 2 is 2.10 bits per heavy atom. The van der Waals surface area contributed by atoms with Crippen LogP contribution in [-0.2, 0) is 4.79 Å². The van der Waals surface area contributed by atoms with Gasteiger partial charge in [0.2, 0.25) is 0 Å². The Hall–Kier alpha value is -1.75. The number of aryl methyl sites for hydroxylation is 1. The lowest BCUT2D eigenvalue weighted by molar-refractivity contribution is -0.137. The molecule has 0 aliphatic rings. The lowest BCUT2D eigenvalue weighted by Gasteiger charge is -2.12. The van der Waals surface area contributed by atoms with Crippen molar-refractivity contribution in [3.05, 3.63) is 28.8 Å². The highest BCUT2D eigenvalue weighted by Crippen LogP contribution is 2.19. The predicted molar refractivity (Wildman–Crippen MR) is 79.2 cm³/mol. The molecule has 3 N–H and O–H groups in total. The minimum atomic E-state index is -0.824. The van der Waals surface area contributed by atoms with E-state index in [1.54, 1.807) is 12.1 Å². The fraction of sp³-hybridized carbons (Fsp3) is 0.429. The van der Waals surface area contributed by atoms with Crippen molar-refractivity contribution in [2.75, 3.05) is 11.9 Å². The number of hydrogen-bond acceptors (Lipinski definition) is 2. The summed E-state index contributed by atoms with van der Waals surface area (Å²) < 4.78 is 0. The van der Waals surface area contributed by atoms with Gasteiger partial charge in [-0.1, -0.05) is 24.6 Å². The maximum absolute atomic E-state index is 11.7. The molecule has 1 unspecified atom stereocenters. The molecule has 0 radical (unpaired) electrons. The zero-order valence-electron chi connectivity index (χ0n) is 11.6. The monoisotopic (exact) mass is 298 g/mol. The van der Waals surface area contributed by atoms with Gasteiger partial charge in [0.25, 0.3) is 0 Å². The first-order chi connectivity index (χ1) is 9.38. The lowest BCUT2D eigenvalue weighted by atomic mass is 10.1. The molecule has 0 bridgehead atoms. The molecular formula is C14H19ClN2O3. The summed E-state index contributed by atoms with van der Waals surface area (Å²) in [5.41, 5.74) is 1.57. The van der Waals surface area contributed by atoms with E-state index in [9.17, 15) is 9.59 Å². The molecule has 5 nitrogen and oxygen atoms in total. The van der Waals surface area contributed by atoms with Gasteiger partial charge in [0.15, 0.2) is 0 Å². The number of carbonyl (C=O) groups excluding carboxylic acids is 1. The maximum Gasteiger partial charge on any atom is 0.319 e. The Morgan fingerprint density at radius 3 is 2.70 bits per heavy atom. The zero-order chi connectivity index (χ0) is 15.1. The highest BCUT2D eigenvalue weighted by atomic mass is 35.5. The number of hydrogen-bond donors (Lipinski definition) is 3. The molecule has 0 aliphatic carbocycles. The lowest BCUT2D eigenvalue weighted by Crippen LogP contribution is -2.32. The van der Waals surface area contributed by atoms with Crippen molar-refractivity contribution in [1.82, 2.24) is 5.32 Å². The van der Waals surface area contributed by atoms with Crippen LogP contribution in [0.1, 0.15) is 25.3 Å². The summed E-state index contributed by atoms with van der Waals surface area (Å²) in [6.07, 6.45) is 0.643. The third-order valence-electron chi connectivity index (χ3n) is 2.89. The van der Waals surface area contributed by atoms with Gasteiger partial charge in [-0.05, 0) is 37.0 Å². The molecule has 20 heavy (non-hydrogen) atoms. The molecule has 0 heterocycles. The van der Waals surface area contributed by atoms with Gasteiger partial charge in [-0.15, -0.1) is 0 Å². The molecule has 1 aromatic rings. The topological polar surface area (TPSA) is 78.4 Å². The highest BCUT2D eigenvalue weighted by Gasteiger charge is 2.08. The molecule has 0 aromatic heterocycles. The van der Waals surface area contributed by atoms with Crippen LogP contribution in [0.2, 0.25) is 5.02 Å². The van der Waals surface area contributed by atoms with Crippen LogP contribution in [0, 0.1) is 12.8 Å². The Kier molecular flexibility index (Phi) is 6.31. The quantitative estimate of drug-likeness (QED) is 0.754. The van der Waals surface area contributed by atoms with Crippen LogP contribution in [0.15, 0.2) is 18.2 Å². The van der Waals surface area contributed by atoms with Crippen LogP contribution in [-0.4, -0.2) is 23.7 Å². The number of nitrogens with one attached hydrogen (secondary N) is 2. The Bertz CT molecular complexity index is 491. The van der Waals surface area contributed by atoms with Gasteiger partial charge in [0.05, 0.1) is 0 Å². The molecule has 110 valence electrons. The number of amides is 2. The summed E-state index contributed by atoms with van der Waals surface area (Å²) in [6, 6.07) is 4.96. The van der Waals surface area contributed by atoms with E-state index < -0.39 is 5.97 Å². The second-order valence-electron chi connectivity index (χ2n) is 4.84. The van der Waals surface area contributed by atoms with Gasteiger partial charge in [-0.2, -0.15) is 0 Å². The zero-order valence-corrected chi connectivity index (χ0v) is 12.3. The van der Waals surface area contributed by atoms with E-state index in [4.69, 9.17) is 16.7 Å². The van der Waals surface area contributed by atoms with Gasteiger partial charge < -0.3 is 15.7 Å². The molecule has 1 aromatic carbocycles. The predicted octanol–water partition coefficient (Wildman–Crippen LogP) is 3.27. The molecule has 1 atom stereocenters. The number of aliphatic carboxylic acids is 1. The maximum atomic E-state index is 11.7. The van der Waals surface area contributed by atoms with E-state index in [0.717, 1.165) is 5.56 Å². The summed E-state index contributed by atoms with van der Waals surface area (Å²) in [6.45, 7) is 4.21. The molecule has 0 fully saturated rings. The minimum Gasteiger partial charge on any atom is -0.481 e. The Morgan fingerprint density at radius 1 is 1.40 bits per heavy atom. The van der Waals surface area contributed by atoms with Crippen molar-refractivity contribution in [3.8, 4) is 0 Å². The number of carboxylic acids is 1. The van der Waals surface area contributed by atoms with E-state index in [1.165, 1.54) is 0 Å². The van der Waals surface area contributed by atoms with Gasteiger partial charge in [0, 0.05) is 23.7 Å². The fourth-order valence-corrected chi connectivity index (χ4v) is 1.77. The molecule has 6 heteroatoms. The van der Waals surface area contributed by atoms with E-state index >= 15 is 0 Å². The summed E-state index contributed by atoms with van der Waals surface area (Å²) in [5, 5.41) is 14.5. The number of benzene rings is 1. The number of halogens is 1. The molecular weight excluding hydrogens is 280 g/mol. The highest BCUT2D eigenvalue weighted by molar-refractivity contribution is 6.31. The summed E-state index contributed by atoms with van der Waals surface area (Å²) >= 11 is 5.97. The van der Waals surface area contributed by atoms with Crippen molar-refractivity contribution in [1.29, 1.82) is 0 Å². The van der Waals surface area contributed by atoms with Crippen LogP contribution in [0.25, 0.3) is 0 Å². The van der Waals surface area contributed by atoms with Crippen LogP contribution < -0.4 is 10.6 Å². The standard InChI is InChI=1S/C14H19ClN2O3/c1-9(3-6-13(18)19)8-16-14(20)17-11-5-4-10(2)12(15)7-11/h4-5,7,9H,3,6,8H2,1-2H3,(H,18,19)(H2,16,17,20). The van der Waals surface area contributed by atoms with E-state index in [2.05, 4.69) is 10.6 Å². The van der Waals surface area contributed by atoms with Crippen LogP contribution >= 0.6 is 11.6 Å². The van der Waals surface area contributed by atoms with Gasteiger partial charge in [-0.3, -0.25) is 4.79 Å². The fourth-order valence-electron chi connectivity index (χ4n) is 1.58. The van der Waals surface area contributed by atoms with Crippen molar-refractivity contribution in [2.45, 2.75) is 26.7 Å². The van der Waals surface area contributed by atoms with Gasteiger partial charge in [-0.25, -0.2) is 4.79 Å². The van der Waals surface area contributed by atoms with Crippen LogP contribution in [0.3, 0.4) is 0 Å². The molecule has 0 spiro atoms. The number of carboxylic acid groups (broad SMARTS) is 1. The first-order valence-electron chi connectivity index (χ1n) is 6.41. The second kappa shape index (κ2) is 7.75. The first kappa shape index (κ1) is 16.3. The minimum absolute atomic E-state index is 0.109. The number of rotatable bonds is 6. The largest absolute Gasteiger partial charge is 0.481 e. The van der Waals surface area contributed by atoms with Crippen molar-refractivity contribution >= 4 is 29.3 Å². The third kappa shape index (κ3) is 5.93. The molecule has 0 saturated heterocycles. The average Bonchev–Trinajstić information content (AvgIpc) is 2.38. The molecule has 2 amide bonds.